The maximum atomic E-state index is 13.1. The van der Waals surface area contributed by atoms with E-state index in [2.05, 4.69) is 15.5 Å². The molecular formula is C24H29Cl2N3O6. The molecule has 1 atom stereocenters. The highest BCUT2D eigenvalue weighted by atomic mass is 35.5. The minimum absolute atomic E-state index is 0.244. The molecule has 1 unspecified atom stereocenters. The van der Waals surface area contributed by atoms with Crippen LogP contribution in [0.1, 0.15) is 34.6 Å². The predicted molar refractivity (Wildman–Crippen MR) is 135 cm³/mol. The Labute approximate surface area is 214 Å². The molecule has 2 aromatic carbocycles. The summed E-state index contributed by atoms with van der Waals surface area (Å²) < 4.78 is 22.3. The summed E-state index contributed by atoms with van der Waals surface area (Å²) in [5.74, 6) is 0.0751. The molecule has 0 spiro atoms. The summed E-state index contributed by atoms with van der Waals surface area (Å²) in [7, 11) is 0. The number of Topliss-reactive ketones (excluding diaryl/α,β-unsaturated/α-hetero) is 1. The van der Waals surface area contributed by atoms with E-state index < -0.39 is 17.7 Å². The van der Waals surface area contributed by atoms with Crippen molar-refractivity contribution in [1.82, 2.24) is 0 Å². The first-order chi connectivity index (χ1) is 16.7. The largest absolute Gasteiger partial charge is 0.492 e. The van der Waals surface area contributed by atoms with Crippen molar-refractivity contribution in [1.29, 1.82) is 0 Å². The average Bonchev–Trinajstić information content (AvgIpc) is 2.79. The molecule has 0 saturated heterocycles. The van der Waals surface area contributed by atoms with Crippen molar-refractivity contribution in [3.63, 3.8) is 0 Å². The number of ketones is 1. The number of anilines is 1. The van der Waals surface area contributed by atoms with Crippen molar-refractivity contribution >= 4 is 46.3 Å². The fourth-order valence-corrected chi connectivity index (χ4v) is 3.41. The Bertz CT molecular complexity index is 1020. The lowest BCUT2D eigenvalue weighted by atomic mass is 10.2. The highest BCUT2D eigenvalue weighted by Crippen LogP contribution is 2.40. The summed E-state index contributed by atoms with van der Waals surface area (Å²) in [5.41, 5.74) is 0.546. The van der Waals surface area contributed by atoms with Crippen LogP contribution >= 0.6 is 23.2 Å². The first-order valence-corrected chi connectivity index (χ1v) is 11.9. The van der Waals surface area contributed by atoms with E-state index in [-0.39, 0.29) is 5.69 Å². The minimum Gasteiger partial charge on any atom is -0.492 e. The Hall–Kier alpha value is -3.04. The summed E-state index contributed by atoms with van der Waals surface area (Å²) in [6, 6.07) is 4.76. The Morgan fingerprint density at radius 1 is 0.829 bits per heavy atom. The molecular weight excluding hydrogens is 497 g/mol. The van der Waals surface area contributed by atoms with Crippen molar-refractivity contribution in [3.05, 3.63) is 34.3 Å². The molecule has 0 heterocycles. The number of nitrogens with one attached hydrogen (secondary N) is 1. The lowest BCUT2D eigenvalue weighted by molar-refractivity contribution is -0.126. The highest BCUT2D eigenvalue weighted by Gasteiger charge is 2.26. The van der Waals surface area contributed by atoms with Gasteiger partial charge in [0.15, 0.2) is 5.78 Å². The maximum absolute atomic E-state index is 13.1. The van der Waals surface area contributed by atoms with Crippen molar-refractivity contribution in [2.24, 2.45) is 10.2 Å². The summed E-state index contributed by atoms with van der Waals surface area (Å²) in [6.07, 6.45) is 0. The molecule has 1 N–H and O–H groups in total. The number of amides is 1. The van der Waals surface area contributed by atoms with Crippen LogP contribution in [-0.4, -0.2) is 44.2 Å². The molecule has 190 valence electrons. The third-order valence-electron chi connectivity index (χ3n) is 4.39. The Morgan fingerprint density at radius 2 is 1.29 bits per heavy atom. The van der Waals surface area contributed by atoms with E-state index in [9.17, 15) is 9.59 Å². The van der Waals surface area contributed by atoms with Crippen molar-refractivity contribution in [3.8, 4) is 23.0 Å². The van der Waals surface area contributed by atoms with Gasteiger partial charge in [0, 0.05) is 29.3 Å². The van der Waals surface area contributed by atoms with Gasteiger partial charge in [-0.25, -0.2) is 0 Å². The van der Waals surface area contributed by atoms with Crippen LogP contribution in [0.25, 0.3) is 0 Å². The Morgan fingerprint density at radius 3 is 1.71 bits per heavy atom. The van der Waals surface area contributed by atoms with Gasteiger partial charge in [-0.15, -0.1) is 0 Å². The van der Waals surface area contributed by atoms with Gasteiger partial charge in [-0.05, 0) is 34.6 Å². The van der Waals surface area contributed by atoms with Crippen LogP contribution in [-0.2, 0) is 9.59 Å². The van der Waals surface area contributed by atoms with Crippen molar-refractivity contribution in [2.75, 3.05) is 31.7 Å². The smallest absolute Gasteiger partial charge is 0.259 e. The monoisotopic (exact) mass is 525 g/mol. The zero-order valence-corrected chi connectivity index (χ0v) is 21.8. The number of benzene rings is 2. The third-order valence-corrected chi connectivity index (χ3v) is 4.98. The summed E-state index contributed by atoms with van der Waals surface area (Å²) in [4.78, 5) is 25.4. The van der Waals surface area contributed by atoms with E-state index in [1.54, 1.807) is 38.1 Å². The van der Waals surface area contributed by atoms with Crippen LogP contribution in [0, 0.1) is 0 Å². The first kappa shape index (κ1) is 28.2. The summed E-state index contributed by atoms with van der Waals surface area (Å²) in [5, 5.41) is 11.4. The molecule has 0 aromatic heterocycles. The lowest BCUT2D eigenvalue weighted by Crippen LogP contribution is -2.32. The molecule has 35 heavy (non-hydrogen) atoms. The van der Waals surface area contributed by atoms with Crippen LogP contribution in [0.4, 0.5) is 11.4 Å². The van der Waals surface area contributed by atoms with Crippen molar-refractivity contribution in [2.45, 2.75) is 40.7 Å². The standard InChI is InChI=1S/C24H29Cl2N3O6/c1-6-32-17-12-16(13-18(21(17)26)33-7-2)28-29-22(14(5)30)24(31)27-23-19(34-8-3)10-15(25)11-20(23)35-9-4/h10-13,22H,6-9H2,1-5H3,(H,27,31). The van der Waals surface area contributed by atoms with E-state index in [4.69, 9.17) is 42.1 Å². The SMILES string of the molecule is CCOc1cc(N=NC(C(C)=O)C(=O)Nc2c(OCC)cc(Cl)cc2OCC)cc(OCC)c1Cl. The first-order valence-electron chi connectivity index (χ1n) is 11.2. The number of nitrogens with zero attached hydrogens (tertiary/aromatic N) is 2. The number of carbonyl (C=O) groups excluding carboxylic acids is 2. The van der Waals surface area contributed by atoms with Crippen LogP contribution < -0.4 is 24.3 Å². The van der Waals surface area contributed by atoms with E-state index in [1.807, 2.05) is 13.8 Å². The zero-order chi connectivity index (χ0) is 26.0. The van der Waals surface area contributed by atoms with Crippen molar-refractivity contribution < 1.29 is 28.5 Å². The summed E-state index contributed by atoms with van der Waals surface area (Å²) >= 11 is 12.5. The number of hydrogen-bond acceptors (Lipinski definition) is 8. The van der Waals surface area contributed by atoms with Gasteiger partial charge in [-0.1, -0.05) is 23.2 Å². The van der Waals surface area contributed by atoms with E-state index >= 15 is 0 Å². The molecule has 2 rings (SSSR count). The molecule has 0 saturated carbocycles. The Balaban J connectivity index is 2.40. The number of azo groups is 1. The van der Waals surface area contributed by atoms with Crippen LogP contribution in [0.5, 0.6) is 23.0 Å². The molecule has 1 amide bonds. The number of rotatable bonds is 13. The van der Waals surface area contributed by atoms with Gasteiger partial charge in [0.1, 0.15) is 33.7 Å². The molecule has 0 radical (unpaired) electrons. The van der Waals surface area contributed by atoms with Gasteiger partial charge >= 0.3 is 0 Å². The highest BCUT2D eigenvalue weighted by molar-refractivity contribution is 6.33. The zero-order valence-electron chi connectivity index (χ0n) is 20.3. The minimum atomic E-state index is -1.43. The summed E-state index contributed by atoms with van der Waals surface area (Å²) in [6.45, 7) is 9.84. The second-order valence-electron chi connectivity index (χ2n) is 6.98. The average molecular weight is 526 g/mol. The maximum Gasteiger partial charge on any atom is 0.259 e. The molecule has 0 fully saturated rings. The van der Waals surface area contributed by atoms with E-state index in [1.165, 1.54) is 6.92 Å². The van der Waals surface area contributed by atoms with Gasteiger partial charge in [0.25, 0.3) is 5.91 Å². The normalized spacial score (nSPS) is 11.7. The van der Waals surface area contributed by atoms with Crippen LogP contribution in [0.2, 0.25) is 10.0 Å². The Kier molecular flexibility index (Phi) is 11.1. The number of carbonyl (C=O) groups is 2. The van der Waals surface area contributed by atoms with Gasteiger partial charge in [-0.2, -0.15) is 10.2 Å². The van der Waals surface area contributed by atoms with Gasteiger partial charge in [0.05, 0.1) is 32.1 Å². The number of ether oxygens (including phenoxy) is 4. The quantitative estimate of drug-likeness (QED) is 0.244. The second kappa shape index (κ2) is 13.7. The van der Waals surface area contributed by atoms with Crippen LogP contribution in [0.15, 0.2) is 34.5 Å². The number of hydrogen-bond donors (Lipinski definition) is 1. The lowest BCUT2D eigenvalue weighted by Gasteiger charge is -2.18. The molecule has 0 aliphatic carbocycles. The topological polar surface area (TPSA) is 108 Å². The van der Waals surface area contributed by atoms with Gasteiger partial charge in [-0.3, -0.25) is 9.59 Å². The molecule has 0 bridgehead atoms. The third kappa shape index (κ3) is 7.73. The molecule has 0 aliphatic rings. The molecule has 11 heteroatoms. The second-order valence-corrected chi connectivity index (χ2v) is 7.80. The molecule has 0 aliphatic heterocycles. The van der Waals surface area contributed by atoms with E-state index in [0.717, 1.165) is 0 Å². The van der Waals surface area contributed by atoms with Gasteiger partial charge in [0.2, 0.25) is 6.04 Å². The fraction of sp³-hybridized carbons (Fsp3) is 0.417. The number of halogens is 2. The fourth-order valence-electron chi connectivity index (χ4n) is 2.99. The molecule has 9 nitrogen and oxygen atoms in total. The predicted octanol–water partition coefficient (Wildman–Crippen LogP) is 6.27. The molecule has 2 aromatic rings. The van der Waals surface area contributed by atoms with E-state index in [0.29, 0.717) is 65.2 Å². The van der Waals surface area contributed by atoms with Crippen LogP contribution in [0.3, 0.4) is 0 Å². The van der Waals surface area contributed by atoms with Gasteiger partial charge < -0.3 is 24.3 Å².